The van der Waals surface area contributed by atoms with Crippen LogP contribution in [0.3, 0.4) is 0 Å². The maximum atomic E-state index is 5.00. The number of methoxy groups -OCH3 is 1. The fraction of sp³-hybridized carbons (Fsp3) is 0.333. The van der Waals surface area contributed by atoms with Crippen molar-refractivity contribution in [2.45, 2.75) is 12.3 Å². The fourth-order valence-corrected chi connectivity index (χ4v) is 1.04. The van der Waals surface area contributed by atoms with Crippen molar-refractivity contribution >= 4 is 0 Å². The number of hydrogen-bond acceptors (Lipinski definition) is 2. The Labute approximate surface area is 66.2 Å². The largest absolute Gasteiger partial charge is 0.495 e. The van der Waals surface area contributed by atoms with Crippen LogP contribution in [0.1, 0.15) is 18.0 Å². The van der Waals surface area contributed by atoms with Gasteiger partial charge in [0.15, 0.2) is 0 Å². The normalized spacial score (nSPS) is 16.5. The van der Waals surface area contributed by atoms with Crippen LogP contribution in [0.5, 0.6) is 5.75 Å². The molecular weight excluding hydrogens is 138 g/mol. The highest BCUT2D eigenvalue weighted by atomic mass is 16.5. The average Bonchev–Trinajstić information content (AvgIpc) is 2.87. The second-order valence-corrected chi connectivity index (χ2v) is 2.70. The van der Waals surface area contributed by atoms with Crippen molar-refractivity contribution in [2.24, 2.45) is 0 Å². The molecule has 11 heavy (non-hydrogen) atoms. The highest BCUT2D eigenvalue weighted by Gasteiger charge is 2.24. The van der Waals surface area contributed by atoms with Crippen LogP contribution < -0.4 is 4.74 Å². The van der Waals surface area contributed by atoms with Crippen molar-refractivity contribution in [1.29, 1.82) is 0 Å². The molecule has 2 heteroatoms. The number of aromatic nitrogens is 1. The minimum atomic E-state index is 0.612. The molecule has 1 saturated carbocycles. The van der Waals surface area contributed by atoms with Gasteiger partial charge in [0.05, 0.1) is 13.3 Å². The quantitative estimate of drug-likeness (QED) is 0.637. The van der Waals surface area contributed by atoms with Gasteiger partial charge in [0, 0.05) is 11.6 Å². The third-order valence-corrected chi connectivity index (χ3v) is 1.85. The SMILES string of the molecule is COc1ccc(C2[CH]C2)nc1. The third-order valence-electron chi connectivity index (χ3n) is 1.85. The predicted molar refractivity (Wildman–Crippen MR) is 42.4 cm³/mol. The third kappa shape index (κ3) is 1.34. The Balaban J connectivity index is 2.19. The average molecular weight is 148 g/mol. The maximum absolute atomic E-state index is 5.00. The zero-order valence-corrected chi connectivity index (χ0v) is 6.45. The first-order chi connectivity index (χ1) is 5.40. The molecule has 2 rings (SSSR count). The molecule has 0 saturated heterocycles. The number of pyridine rings is 1. The molecule has 0 aromatic carbocycles. The summed E-state index contributed by atoms with van der Waals surface area (Å²) in [7, 11) is 1.65. The summed E-state index contributed by atoms with van der Waals surface area (Å²) >= 11 is 0. The standard InChI is InChI=1S/C9H10NO/c1-11-8-4-5-9(10-6-8)7-2-3-7/h2,4-7H,3H2,1H3. The number of ether oxygens (including phenoxy) is 1. The van der Waals surface area contributed by atoms with Gasteiger partial charge in [0.2, 0.25) is 0 Å². The van der Waals surface area contributed by atoms with E-state index >= 15 is 0 Å². The van der Waals surface area contributed by atoms with Crippen molar-refractivity contribution in [2.75, 3.05) is 7.11 Å². The highest BCUT2D eigenvalue weighted by Crippen LogP contribution is 2.37. The lowest BCUT2D eigenvalue weighted by Crippen LogP contribution is -1.87. The fourth-order valence-electron chi connectivity index (χ4n) is 1.04. The van der Waals surface area contributed by atoms with Crippen LogP contribution in [0.15, 0.2) is 18.3 Å². The molecule has 1 heterocycles. The molecule has 1 aliphatic carbocycles. The second kappa shape index (κ2) is 2.53. The van der Waals surface area contributed by atoms with Gasteiger partial charge in [0.25, 0.3) is 0 Å². The molecule has 57 valence electrons. The van der Waals surface area contributed by atoms with E-state index < -0.39 is 0 Å². The molecule has 1 fully saturated rings. The second-order valence-electron chi connectivity index (χ2n) is 2.70. The summed E-state index contributed by atoms with van der Waals surface area (Å²) in [6.45, 7) is 0. The van der Waals surface area contributed by atoms with Crippen molar-refractivity contribution in [1.82, 2.24) is 4.98 Å². The van der Waals surface area contributed by atoms with Crippen molar-refractivity contribution in [3.8, 4) is 5.75 Å². The van der Waals surface area contributed by atoms with Gasteiger partial charge in [-0.1, -0.05) is 0 Å². The molecule has 1 aromatic rings. The molecule has 1 atom stereocenters. The Kier molecular flexibility index (Phi) is 1.53. The summed E-state index contributed by atoms with van der Waals surface area (Å²) in [6.07, 6.45) is 5.19. The minimum Gasteiger partial charge on any atom is -0.495 e. The Bertz CT molecular complexity index is 238. The van der Waals surface area contributed by atoms with Crippen molar-refractivity contribution < 1.29 is 4.74 Å². The molecule has 0 aliphatic heterocycles. The molecular formula is C9H10NO. The van der Waals surface area contributed by atoms with Crippen LogP contribution in [-0.2, 0) is 0 Å². The smallest absolute Gasteiger partial charge is 0.137 e. The van der Waals surface area contributed by atoms with Gasteiger partial charge in [-0.05, 0) is 25.0 Å². The van der Waals surface area contributed by atoms with Gasteiger partial charge in [-0.25, -0.2) is 0 Å². The number of hydrogen-bond donors (Lipinski definition) is 0. The summed E-state index contributed by atoms with van der Waals surface area (Å²) in [4.78, 5) is 4.26. The maximum Gasteiger partial charge on any atom is 0.137 e. The summed E-state index contributed by atoms with van der Waals surface area (Å²) in [5, 5.41) is 0. The molecule has 1 aliphatic rings. The molecule has 1 radical (unpaired) electrons. The van der Waals surface area contributed by atoms with Crippen molar-refractivity contribution in [3.05, 3.63) is 30.4 Å². The first-order valence-corrected chi connectivity index (χ1v) is 3.73. The molecule has 1 unspecified atom stereocenters. The Hall–Kier alpha value is -1.05. The molecule has 2 nitrogen and oxygen atoms in total. The topological polar surface area (TPSA) is 22.1 Å². The van der Waals surface area contributed by atoms with Crippen LogP contribution in [0, 0.1) is 6.42 Å². The van der Waals surface area contributed by atoms with Crippen LogP contribution in [0.4, 0.5) is 0 Å². The lowest BCUT2D eigenvalue weighted by atomic mass is 10.2. The first-order valence-electron chi connectivity index (χ1n) is 3.73. The van der Waals surface area contributed by atoms with E-state index in [9.17, 15) is 0 Å². The van der Waals surface area contributed by atoms with Gasteiger partial charge < -0.3 is 4.74 Å². The zero-order valence-electron chi connectivity index (χ0n) is 6.45. The molecule has 0 amide bonds. The predicted octanol–water partition coefficient (Wildman–Crippen LogP) is 1.78. The van der Waals surface area contributed by atoms with Crippen molar-refractivity contribution in [3.63, 3.8) is 0 Å². The minimum absolute atomic E-state index is 0.612. The number of rotatable bonds is 2. The molecule has 1 aromatic heterocycles. The van der Waals surface area contributed by atoms with E-state index in [1.54, 1.807) is 13.3 Å². The summed E-state index contributed by atoms with van der Waals surface area (Å²) < 4.78 is 5.00. The molecule has 0 bridgehead atoms. The summed E-state index contributed by atoms with van der Waals surface area (Å²) in [5.41, 5.74) is 1.16. The van der Waals surface area contributed by atoms with Gasteiger partial charge in [-0.15, -0.1) is 0 Å². The first kappa shape index (κ1) is 6.65. The zero-order chi connectivity index (χ0) is 7.68. The summed E-state index contributed by atoms with van der Waals surface area (Å²) in [6, 6.07) is 3.97. The Morgan fingerprint density at radius 2 is 2.36 bits per heavy atom. The van der Waals surface area contributed by atoms with E-state index in [-0.39, 0.29) is 0 Å². The van der Waals surface area contributed by atoms with E-state index in [1.807, 2.05) is 12.1 Å². The van der Waals surface area contributed by atoms with Gasteiger partial charge in [0.1, 0.15) is 5.75 Å². The Morgan fingerprint density at radius 1 is 1.55 bits per heavy atom. The Morgan fingerprint density at radius 3 is 2.82 bits per heavy atom. The van der Waals surface area contributed by atoms with Gasteiger partial charge >= 0.3 is 0 Å². The van der Waals surface area contributed by atoms with E-state index in [1.165, 1.54) is 6.42 Å². The van der Waals surface area contributed by atoms with Crippen LogP contribution in [0.2, 0.25) is 0 Å². The lowest BCUT2D eigenvalue weighted by molar-refractivity contribution is 0.412. The molecule has 0 spiro atoms. The monoisotopic (exact) mass is 148 g/mol. The van der Waals surface area contributed by atoms with Gasteiger partial charge in [-0.3, -0.25) is 4.98 Å². The van der Waals surface area contributed by atoms with Crippen LogP contribution in [-0.4, -0.2) is 12.1 Å². The van der Waals surface area contributed by atoms with E-state index in [0.29, 0.717) is 5.92 Å². The van der Waals surface area contributed by atoms with E-state index in [4.69, 9.17) is 4.74 Å². The van der Waals surface area contributed by atoms with E-state index in [2.05, 4.69) is 11.4 Å². The van der Waals surface area contributed by atoms with E-state index in [0.717, 1.165) is 11.4 Å². The summed E-state index contributed by atoms with van der Waals surface area (Å²) in [5.74, 6) is 1.44. The van der Waals surface area contributed by atoms with Gasteiger partial charge in [-0.2, -0.15) is 0 Å². The molecule has 0 N–H and O–H groups in total. The lowest BCUT2D eigenvalue weighted by Gasteiger charge is -1.99. The van der Waals surface area contributed by atoms with Crippen LogP contribution >= 0.6 is 0 Å². The van der Waals surface area contributed by atoms with Crippen LogP contribution in [0.25, 0.3) is 0 Å². The number of nitrogens with zero attached hydrogens (tertiary/aromatic N) is 1. The highest BCUT2D eigenvalue weighted by molar-refractivity contribution is 5.27.